The van der Waals surface area contributed by atoms with Crippen molar-refractivity contribution >= 4 is 5.97 Å². The molecule has 0 saturated heterocycles. The quantitative estimate of drug-likeness (QED) is 0.581. The number of benzene rings is 1. The first-order chi connectivity index (χ1) is 14.3. The van der Waals surface area contributed by atoms with Gasteiger partial charge in [-0.05, 0) is 30.4 Å². The van der Waals surface area contributed by atoms with E-state index in [-0.39, 0.29) is 18.4 Å². The van der Waals surface area contributed by atoms with E-state index in [4.69, 9.17) is 9.47 Å². The van der Waals surface area contributed by atoms with Gasteiger partial charge in [0.2, 0.25) is 0 Å². The molecule has 1 atom stereocenters. The number of H-pyrrole nitrogens is 1. The number of aromatic carboxylic acids is 1. The molecular weight excluding hydrogens is 386 g/mol. The predicted molar refractivity (Wildman–Crippen MR) is 114 cm³/mol. The minimum Gasteiger partial charge on any atom is -0.506 e. The molecule has 162 valence electrons. The van der Waals surface area contributed by atoms with Gasteiger partial charge in [0, 0.05) is 23.1 Å². The normalized spacial score (nSPS) is 15.2. The molecule has 30 heavy (non-hydrogen) atoms. The summed E-state index contributed by atoms with van der Waals surface area (Å²) in [4.78, 5) is 26.8. The summed E-state index contributed by atoms with van der Waals surface area (Å²) in [5.74, 6) is -0.917. The first-order valence-electron chi connectivity index (χ1n) is 10.4. The van der Waals surface area contributed by atoms with Crippen LogP contribution in [0.2, 0.25) is 0 Å². The van der Waals surface area contributed by atoms with Crippen molar-refractivity contribution in [3.8, 4) is 28.5 Å². The van der Waals surface area contributed by atoms with Crippen LogP contribution in [0.15, 0.2) is 16.9 Å². The summed E-state index contributed by atoms with van der Waals surface area (Å²) in [6.45, 7) is 8.90. The molecule has 1 aliphatic heterocycles. The lowest BCUT2D eigenvalue weighted by Gasteiger charge is -2.22. The van der Waals surface area contributed by atoms with Gasteiger partial charge in [-0.25, -0.2) is 4.79 Å². The summed E-state index contributed by atoms with van der Waals surface area (Å²) in [7, 11) is 0. The zero-order valence-electron chi connectivity index (χ0n) is 17.9. The van der Waals surface area contributed by atoms with Crippen LogP contribution in [0.1, 0.15) is 67.9 Å². The Labute approximate surface area is 175 Å². The molecule has 0 fully saturated rings. The number of carbonyl (C=O) groups is 1. The van der Waals surface area contributed by atoms with Crippen LogP contribution in [0.25, 0.3) is 11.3 Å². The summed E-state index contributed by atoms with van der Waals surface area (Å²) < 4.78 is 12.0. The third kappa shape index (κ3) is 3.88. The van der Waals surface area contributed by atoms with Gasteiger partial charge in [0.15, 0.2) is 5.56 Å². The molecule has 1 aromatic heterocycles. The van der Waals surface area contributed by atoms with Crippen molar-refractivity contribution < 1.29 is 24.5 Å². The van der Waals surface area contributed by atoms with Crippen LogP contribution in [-0.4, -0.2) is 34.4 Å². The third-order valence-electron chi connectivity index (χ3n) is 5.60. The zero-order chi connectivity index (χ0) is 22.0. The maximum Gasteiger partial charge on any atom is 0.345 e. The van der Waals surface area contributed by atoms with Gasteiger partial charge >= 0.3 is 5.97 Å². The first kappa shape index (κ1) is 21.7. The van der Waals surface area contributed by atoms with Crippen LogP contribution < -0.4 is 15.0 Å². The Morgan fingerprint density at radius 2 is 2.07 bits per heavy atom. The first-order valence-corrected chi connectivity index (χ1v) is 10.4. The highest BCUT2D eigenvalue weighted by atomic mass is 16.5. The number of ether oxygens (including phenoxy) is 2. The van der Waals surface area contributed by atoms with Crippen molar-refractivity contribution in [2.45, 2.75) is 52.9 Å². The predicted octanol–water partition coefficient (Wildman–Crippen LogP) is 4.32. The fraction of sp³-hybridized carbons (Fsp3) is 0.478. The topological polar surface area (TPSA) is 109 Å². The molecule has 0 spiro atoms. The van der Waals surface area contributed by atoms with Crippen LogP contribution >= 0.6 is 0 Å². The molecule has 2 aromatic rings. The van der Waals surface area contributed by atoms with Crippen molar-refractivity contribution in [1.82, 2.24) is 4.98 Å². The van der Waals surface area contributed by atoms with E-state index in [1.54, 1.807) is 0 Å². The molecule has 7 nitrogen and oxygen atoms in total. The van der Waals surface area contributed by atoms with E-state index in [9.17, 15) is 19.8 Å². The number of fused-ring (bicyclic) bond motifs is 3. The smallest absolute Gasteiger partial charge is 0.345 e. The molecule has 3 N–H and O–H groups in total. The van der Waals surface area contributed by atoms with Crippen molar-refractivity contribution in [1.29, 1.82) is 0 Å². The highest BCUT2D eigenvalue weighted by molar-refractivity contribution is 5.92. The molecule has 0 radical (unpaired) electrons. The number of nitrogens with one attached hydrogen (secondary N) is 1. The lowest BCUT2D eigenvalue weighted by atomic mass is 9.85. The van der Waals surface area contributed by atoms with Gasteiger partial charge in [0.1, 0.15) is 17.2 Å². The van der Waals surface area contributed by atoms with Gasteiger partial charge in [-0.3, -0.25) is 4.79 Å². The highest BCUT2D eigenvalue weighted by Crippen LogP contribution is 2.46. The van der Waals surface area contributed by atoms with Crippen LogP contribution in [0.5, 0.6) is 17.2 Å². The third-order valence-corrected chi connectivity index (χ3v) is 5.60. The Morgan fingerprint density at radius 3 is 2.67 bits per heavy atom. The number of aromatic nitrogens is 1. The Morgan fingerprint density at radius 1 is 1.33 bits per heavy atom. The second-order valence-corrected chi connectivity index (χ2v) is 7.94. The number of hydrogen-bond acceptors (Lipinski definition) is 5. The molecule has 0 saturated carbocycles. The van der Waals surface area contributed by atoms with E-state index in [0.29, 0.717) is 35.6 Å². The van der Waals surface area contributed by atoms with Crippen molar-refractivity contribution in [3.63, 3.8) is 0 Å². The minimum absolute atomic E-state index is 0.0439. The second kappa shape index (κ2) is 8.81. The van der Waals surface area contributed by atoms with Crippen molar-refractivity contribution in [3.05, 3.63) is 39.2 Å². The van der Waals surface area contributed by atoms with E-state index in [1.165, 1.54) is 0 Å². The summed E-state index contributed by atoms with van der Waals surface area (Å²) in [5.41, 5.74) is 0.904. The van der Waals surface area contributed by atoms with Crippen molar-refractivity contribution in [2.24, 2.45) is 5.92 Å². The fourth-order valence-corrected chi connectivity index (χ4v) is 3.82. The van der Waals surface area contributed by atoms with Crippen LogP contribution in [0.3, 0.4) is 0 Å². The summed E-state index contributed by atoms with van der Waals surface area (Å²) in [6, 6.07) is 3.73. The number of pyridine rings is 1. The summed E-state index contributed by atoms with van der Waals surface area (Å²) in [6.07, 6.45) is 2.68. The highest BCUT2D eigenvalue weighted by Gasteiger charge is 2.33. The molecule has 2 heterocycles. The Kier molecular flexibility index (Phi) is 6.39. The number of aromatic hydroxyl groups is 1. The molecule has 0 unspecified atom stereocenters. The largest absolute Gasteiger partial charge is 0.506 e. The van der Waals surface area contributed by atoms with E-state index < -0.39 is 22.8 Å². The average Bonchev–Trinajstić information content (AvgIpc) is 2.84. The lowest BCUT2D eigenvalue weighted by molar-refractivity contribution is 0.0691. The number of carboxylic acids is 1. The van der Waals surface area contributed by atoms with Gasteiger partial charge in [0.25, 0.3) is 5.56 Å². The van der Waals surface area contributed by atoms with E-state index in [2.05, 4.69) is 11.9 Å². The molecule has 1 aromatic carbocycles. The van der Waals surface area contributed by atoms with Crippen LogP contribution in [0.4, 0.5) is 0 Å². The van der Waals surface area contributed by atoms with Crippen LogP contribution in [0, 0.1) is 5.92 Å². The Balaban J connectivity index is 2.26. The molecule has 1 aliphatic rings. The SMILES string of the molecule is CCCCOc1cc2c(cc1CC)-c1[nH]c(=O)c(C(=O)O)c(O)c1[C@H](C(C)C)CO2. The fourth-order valence-electron chi connectivity index (χ4n) is 3.82. The number of hydrogen-bond donors (Lipinski definition) is 3. The van der Waals surface area contributed by atoms with E-state index >= 15 is 0 Å². The summed E-state index contributed by atoms with van der Waals surface area (Å²) >= 11 is 0. The minimum atomic E-state index is -1.46. The number of aryl methyl sites for hydroxylation is 1. The number of rotatable bonds is 7. The number of unbranched alkanes of at least 4 members (excludes halogenated alkanes) is 1. The van der Waals surface area contributed by atoms with Gasteiger partial charge in [-0.1, -0.05) is 34.1 Å². The van der Waals surface area contributed by atoms with Gasteiger partial charge in [0.05, 0.1) is 18.9 Å². The molecule has 3 rings (SSSR count). The average molecular weight is 415 g/mol. The monoisotopic (exact) mass is 415 g/mol. The molecule has 0 bridgehead atoms. The van der Waals surface area contributed by atoms with Gasteiger partial charge in [-0.2, -0.15) is 0 Å². The number of aromatic amines is 1. The van der Waals surface area contributed by atoms with Crippen molar-refractivity contribution in [2.75, 3.05) is 13.2 Å². The molecule has 0 aliphatic carbocycles. The van der Waals surface area contributed by atoms with Crippen LogP contribution in [-0.2, 0) is 6.42 Å². The maximum absolute atomic E-state index is 12.5. The zero-order valence-corrected chi connectivity index (χ0v) is 17.9. The maximum atomic E-state index is 12.5. The van der Waals surface area contributed by atoms with E-state index in [0.717, 1.165) is 24.2 Å². The Hall–Kier alpha value is -2.96. The standard InChI is InChI=1S/C23H29NO6/c1-5-7-8-29-16-10-17-14(9-13(16)6-2)20-18(15(11-30-17)12(3)4)21(25)19(23(27)28)22(26)24-20/h9-10,12,15H,5-8,11H2,1-4H3,(H,27,28)(H2,24,25,26)/t15-/m0/s1. The lowest BCUT2D eigenvalue weighted by Crippen LogP contribution is -2.23. The van der Waals surface area contributed by atoms with Gasteiger partial charge in [-0.15, -0.1) is 0 Å². The molecular formula is C23H29NO6. The summed E-state index contributed by atoms with van der Waals surface area (Å²) in [5, 5.41) is 20.2. The molecule has 7 heteroatoms. The molecule has 0 amide bonds. The van der Waals surface area contributed by atoms with E-state index in [1.807, 2.05) is 32.9 Å². The number of carboxylic acid groups (broad SMARTS) is 1. The second-order valence-electron chi connectivity index (χ2n) is 7.94. The van der Waals surface area contributed by atoms with Gasteiger partial charge < -0.3 is 24.7 Å². The Bertz CT molecular complexity index is 1010.